The average Bonchev–Trinajstić information content (AvgIpc) is 2.48. The van der Waals surface area contributed by atoms with Crippen molar-refractivity contribution in [3.63, 3.8) is 0 Å². The number of carbonyl (C=O) groups is 1. The van der Waals surface area contributed by atoms with Crippen LogP contribution in [0.4, 0.5) is 11.4 Å². The molecule has 4 heteroatoms. The van der Waals surface area contributed by atoms with Crippen molar-refractivity contribution in [3.05, 3.63) is 59.4 Å². The third-order valence-corrected chi connectivity index (χ3v) is 3.77. The quantitative estimate of drug-likeness (QED) is 0.619. The molecule has 0 atom stereocenters. The maximum absolute atomic E-state index is 12.1. The van der Waals surface area contributed by atoms with Crippen LogP contribution in [0.3, 0.4) is 0 Å². The monoisotopic (exact) mass is 308 g/mol. The number of ether oxygens (including phenoxy) is 1. The molecule has 0 saturated heterocycles. The summed E-state index contributed by atoms with van der Waals surface area (Å²) in [5, 5.41) is 2.81. The zero-order valence-electron chi connectivity index (χ0n) is 13.5. The number of hydrogen-bond acceptors (Lipinski definition) is 3. The van der Waals surface area contributed by atoms with Gasteiger partial charge in [-0.25, -0.2) is 0 Å². The normalized spacial score (nSPS) is 15.8. The molecular formula is C19H20N2O2. The van der Waals surface area contributed by atoms with Gasteiger partial charge in [-0.1, -0.05) is 45.0 Å². The van der Waals surface area contributed by atoms with E-state index in [1.807, 2.05) is 12.1 Å². The van der Waals surface area contributed by atoms with Gasteiger partial charge in [0.25, 0.3) is 5.91 Å². The van der Waals surface area contributed by atoms with Crippen LogP contribution in [0.2, 0.25) is 0 Å². The van der Waals surface area contributed by atoms with Gasteiger partial charge in [-0.05, 0) is 34.8 Å². The van der Waals surface area contributed by atoms with Gasteiger partial charge in [-0.2, -0.15) is 0 Å². The fourth-order valence-corrected chi connectivity index (χ4v) is 2.40. The Morgan fingerprint density at radius 1 is 1.09 bits per heavy atom. The molecule has 0 aromatic heterocycles. The van der Waals surface area contributed by atoms with Gasteiger partial charge in [0.2, 0.25) is 0 Å². The summed E-state index contributed by atoms with van der Waals surface area (Å²) >= 11 is 0. The summed E-state index contributed by atoms with van der Waals surface area (Å²) in [5.41, 5.74) is 9.23. The topological polar surface area (TPSA) is 64.3 Å². The molecule has 3 rings (SSSR count). The van der Waals surface area contributed by atoms with E-state index in [1.165, 1.54) is 5.56 Å². The summed E-state index contributed by atoms with van der Waals surface area (Å²) in [7, 11) is 0. The minimum Gasteiger partial charge on any atom is -0.449 e. The molecule has 1 aliphatic heterocycles. The summed E-state index contributed by atoms with van der Waals surface area (Å²) in [6, 6.07) is 13.3. The zero-order chi connectivity index (χ0) is 16.6. The van der Waals surface area contributed by atoms with Crippen molar-refractivity contribution in [2.75, 3.05) is 11.1 Å². The number of hydrogen-bond donors (Lipinski definition) is 2. The molecule has 0 spiro atoms. The highest BCUT2D eigenvalue weighted by Crippen LogP contribution is 2.33. The number of amides is 1. The van der Waals surface area contributed by atoms with Gasteiger partial charge in [0.15, 0.2) is 11.5 Å². The third-order valence-electron chi connectivity index (χ3n) is 3.77. The van der Waals surface area contributed by atoms with E-state index in [4.69, 9.17) is 10.5 Å². The highest BCUT2D eigenvalue weighted by Gasteiger charge is 2.22. The Kier molecular flexibility index (Phi) is 3.60. The van der Waals surface area contributed by atoms with E-state index >= 15 is 0 Å². The van der Waals surface area contributed by atoms with E-state index < -0.39 is 0 Å². The number of nitrogen functional groups attached to an aromatic ring is 1. The zero-order valence-corrected chi connectivity index (χ0v) is 13.5. The Morgan fingerprint density at radius 2 is 1.78 bits per heavy atom. The number of rotatable bonds is 1. The average molecular weight is 308 g/mol. The standard InChI is InChI=1S/C19H20N2O2/c1-19(2,3)13-6-4-12(5-7-13)10-17-18(22)21-15-9-8-14(20)11-16(15)23-17/h4-11H,20H2,1-3H3,(H,21,22)/b17-10+. The van der Waals surface area contributed by atoms with Gasteiger partial charge in [-0.15, -0.1) is 0 Å². The molecule has 0 fully saturated rings. The van der Waals surface area contributed by atoms with Gasteiger partial charge in [0, 0.05) is 11.8 Å². The number of nitrogens with two attached hydrogens (primary N) is 1. The molecule has 0 unspecified atom stereocenters. The molecule has 3 N–H and O–H groups in total. The van der Waals surface area contributed by atoms with E-state index in [2.05, 4.69) is 38.2 Å². The number of fused-ring (bicyclic) bond motifs is 1. The smallest absolute Gasteiger partial charge is 0.291 e. The maximum Gasteiger partial charge on any atom is 0.291 e. The fraction of sp³-hybridized carbons (Fsp3) is 0.211. The molecule has 1 amide bonds. The first-order valence-corrected chi connectivity index (χ1v) is 7.54. The first kappa shape index (κ1) is 15.2. The Hall–Kier alpha value is -2.75. The van der Waals surface area contributed by atoms with Gasteiger partial charge in [0.05, 0.1) is 5.69 Å². The SMILES string of the molecule is CC(C)(C)c1ccc(/C=C2/Oc3cc(N)ccc3NC2=O)cc1. The molecule has 0 saturated carbocycles. The van der Waals surface area contributed by atoms with Crippen LogP contribution in [0.15, 0.2) is 48.2 Å². The predicted octanol–water partition coefficient (Wildman–Crippen LogP) is 3.94. The molecule has 1 heterocycles. The number of anilines is 2. The number of nitrogens with one attached hydrogen (secondary N) is 1. The Labute approximate surface area is 136 Å². The van der Waals surface area contributed by atoms with Crippen LogP contribution in [-0.2, 0) is 10.2 Å². The van der Waals surface area contributed by atoms with Crippen molar-refractivity contribution >= 4 is 23.4 Å². The largest absolute Gasteiger partial charge is 0.449 e. The van der Waals surface area contributed by atoms with Crippen molar-refractivity contribution in [2.45, 2.75) is 26.2 Å². The molecule has 0 radical (unpaired) electrons. The summed E-state index contributed by atoms with van der Waals surface area (Å²) in [6.07, 6.45) is 1.73. The van der Waals surface area contributed by atoms with E-state index in [0.717, 1.165) is 5.56 Å². The van der Waals surface area contributed by atoms with Crippen molar-refractivity contribution in [3.8, 4) is 5.75 Å². The van der Waals surface area contributed by atoms with E-state index in [1.54, 1.807) is 24.3 Å². The van der Waals surface area contributed by atoms with Crippen molar-refractivity contribution in [2.24, 2.45) is 0 Å². The van der Waals surface area contributed by atoms with Crippen molar-refractivity contribution in [1.29, 1.82) is 0 Å². The highest BCUT2D eigenvalue weighted by molar-refractivity contribution is 6.08. The molecule has 4 nitrogen and oxygen atoms in total. The summed E-state index contributed by atoms with van der Waals surface area (Å²) in [5.74, 6) is 0.552. The van der Waals surface area contributed by atoms with Crippen LogP contribution in [0.5, 0.6) is 5.75 Å². The second-order valence-electron chi connectivity index (χ2n) is 6.69. The molecule has 118 valence electrons. The first-order chi connectivity index (χ1) is 10.8. The summed E-state index contributed by atoms with van der Waals surface area (Å²) in [6.45, 7) is 6.50. The van der Waals surface area contributed by atoms with Gasteiger partial charge >= 0.3 is 0 Å². The second-order valence-corrected chi connectivity index (χ2v) is 6.69. The molecular weight excluding hydrogens is 288 g/mol. The lowest BCUT2D eigenvalue weighted by molar-refractivity contribution is -0.115. The summed E-state index contributed by atoms with van der Waals surface area (Å²) in [4.78, 5) is 12.1. The minimum absolute atomic E-state index is 0.0981. The van der Waals surface area contributed by atoms with Crippen LogP contribution in [-0.4, -0.2) is 5.91 Å². The molecule has 23 heavy (non-hydrogen) atoms. The van der Waals surface area contributed by atoms with Crippen LogP contribution < -0.4 is 15.8 Å². The molecule has 0 bridgehead atoms. The summed E-state index contributed by atoms with van der Waals surface area (Å²) < 4.78 is 5.70. The van der Waals surface area contributed by atoms with Gasteiger partial charge in [-0.3, -0.25) is 4.79 Å². The van der Waals surface area contributed by atoms with Crippen LogP contribution in [0.1, 0.15) is 31.9 Å². The van der Waals surface area contributed by atoms with Crippen LogP contribution >= 0.6 is 0 Å². The lowest BCUT2D eigenvalue weighted by Crippen LogP contribution is -2.23. The van der Waals surface area contributed by atoms with Gasteiger partial charge in [0.1, 0.15) is 0 Å². The Bertz CT molecular complexity index is 784. The Morgan fingerprint density at radius 3 is 2.43 bits per heavy atom. The van der Waals surface area contributed by atoms with E-state index in [9.17, 15) is 4.79 Å². The lowest BCUT2D eigenvalue weighted by Gasteiger charge is -2.21. The Balaban J connectivity index is 1.89. The predicted molar refractivity (Wildman–Crippen MR) is 93.2 cm³/mol. The number of carbonyl (C=O) groups excluding carboxylic acids is 1. The molecule has 2 aromatic rings. The van der Waals surface area contributed by atoms with E-state index in [-0.39, 0.29) is 17.1 Å². The molecule has 0 aliphatic carbocycles. The van der Waals surface area contributed by atoms with Crippen molar-refractivity contribution in [1.82, 2.24) is 0 Å². The molecule has 1 aliphatic rings. The van der Waals surface area contributed by atoms with Crippen LogP contribution in [0, 0.1) is 0 Å². The lowest BCUT2D eigenvalue weighted by atomic mass is 9.87. The number of benzene rings is 2. The maximum atomic E-state index is 12.1. The first-order valence-electron chi connectivity index (χ1n) is 7.54. The second kappa shape index (κ2) is 5.47. The fourth-order valence-electron chi connectivity index (χ4n) is 2.40. The molecule has 2 aromatic carbocycles. The third kappa shape index (κ3) is 3.21. The van der Waals surface area contributed by atoms with Crippen LogP contribution in [0.25, 0.3) is 6.08 Å². The van der Waals surface area contributed by atoms with E-state index in [0.29, 0.717) is 17.1 Å². The highest BCUT2D eigenvalue weighted by atomic mass is 16.5. The minimum atomic E-state index is -0.262. The van der Waals surface area contributed by atoms with Crippen molar-refractivity contribution < 1.29 is 9.53 Å². The van der Waals surface area contributed by atoms with Gasteiger partial charge < -0.3 is 15.8 Å².